The van der Waals surface area contributed by atoms with Gasteiger partial charge in [0.25, 0.3) is 0 Å². The molecule has 1 aromatic heterocycles. The summed E-state index contributed by atoms with van der Waals surface area (Å²) in [4.78, 5) is 0. The van der Waals surface area contributed by atoms with Gasteiger partial charge in [0.2, 0.25) is 0 Å². The van der Waals surface area contributed by atoms with E-state index in [1.165, 1.54) is 0 Å². The summed E-state index contributed by atoms with van der Waals surface area (Å²) in [5, 5.41) is 51.5. The van der Waals surface area contributed by atoms with Crippen molar-refractivity contribution in [2.24, 2.45) is 0 Å². The second-order valence-electron chi connectivity index (χ2n) is 8.78. The molecule has 1 aliphatic carbocycles. The number of benzene rings is 2. The van der Waals surface area contributed by atoms with Crippen molar-refractivity contribution in [2.75, 3.05) is 6.61 Å². The third kappa shape index (κ3) is 3.41. The summed E-state index contributed by atoms with van der Waals surface area (Å²) in [5.74, 6) is 0. The van der Waals surface area contributed by atoms with Gasteiger partial charge < -0.3 is 29.7 Å². The van der Waals surface area contributed by atoms with E-state index < -0.39 is 37.3 Å². The average Bonchev–Trinajstić information content (AvgIpc) is 3.22. The molecule has 3 aromatic rings. The fourth-order valence-corrected chi connectivity index (χ4v) is 5.33. The van der Waals surface area contributed by atoms with Gasteiger partial charge in [-0.2, -0.15) is 5.26 Å². The summed E-state index contributed by atoms with van der Waals surface area (Å²) >= 11 is 5.79. The number of aliphatic hydroxyl groups is 4. The lowest BCUT2D eigenvalue weighted by molar-refractivity contribution is -0.251. The average molecular weight is 477 g/mol. The first kappa shape index (κ1) is 22.9. The number of fused-ring (bicyclic) bond motifs is 3. The highest BCUT2D eigenvalue weighted by Gasteiger charge is 2.46. The molecule has 4 N–H and O–H groups in total. The summed E-state index contributed by atoms with van der Waals surface area (Å²) in [6, 6.07) is 17.9. The Labute approximate surface area is 201 Å². The molecule has 34 heavy (non-hydrogen) atoms. The van der Waals surface area contributed by atoms with Crippen LogP contribution in [0.2, 0.25) is 0 Å². The molecule has 0 bridgehead atoms. The number of nitriles is 1. The van der Waals surface area contributed by atoms with Gasteiger partial charge in [0, 0.05) is 17.5 Å². The lowest BCUT2D eigenvalue weighted by Crippen LogP contribution is -2.56. The van der Waals surface area contributed by atoms with E-state index in [1.807, 2.05) is 55.5 Å². The predicted molar refractivity (Wildman–Crippen MR) is 127 cm³/mol. The van der Waals surface area contributed by atoms with E-state index in [4.69, 9.17) is 17.0 Å². The van der Waals surface area contributed by atoms with Crippen LogP contribution in [0.1, 0.15) is 28.5 Å². The van der Waals surface area contributed by atoms with E-state index in [1.54, 1.807) is 4.57 Å². The molecule has 0 spiro atoms. The Morgan fingerprint density at radius 3 is 2.44 bits per heavy atom. The van der Waals surface area contributed by atoms with E-state index in [2.05, 4.69) is 6.07 Å². The molecule has 5 atom stereocenters. The van der Waals surface area contributed by atoms with E-state index in [0.717, 1.165) is 33.4 Å². The number of nitrogens with zero attached hydrogens (tertiary/aromatic N) is 2. The third-order valence-corrected chi connectivity index (χ3v) is 7.13. The van der Waals surface area contributed by atoms with Crippen molar-refractivity contribution in [3.63, 3.8) is 0 Å². The molecular formula is C26H24N2O5S. The Bertz CT molecular complexity index is 1360. The monoisotopic (exact) mass is 476 g/mol. The Morgan fingerprint density at radius 1 is 1.06 bits per heavy atom. The quantitative estimate of drug-likeness (QED) is 0.336. The Balaban J connectivity index is 1.83. The first-order valence-electron chi connectivity index (χ1n) is 11.0. The number of aromatic nitrogens is 1. The van der Waals surface area contributed by atoms with Crippen LogP contribution in [0.25, 0.3) is 22.4 Å². The minimum Gasteiger partial charge on any atom is -0.394 e. The fourth-order valence-electron chi connectivity index (χ4n) is 4.98. The van der Waals surface area contributed by atoms with Crippen molar-refractivity contribution in [2.45, 2.75) is 44.0 Å². The van der Waals surface area contributed by atoms with Crippen molar-refractivity contribution in [1.29, 1.82) is 5.26 Å². The highest BCUT2D eigenvalue weighted by molar-refractivity contribution is 7.71. The van der Waals surface area contributed by atoms with Gasteiger partial charge in [0.1, 0.15) is 35.1 Å². The van der Waals surface area contributed by atoms with Crippen LogP contribution >= 0.6 is 12.2 Å². The van der Waals surface area contributed by atoms with Crippen molar-refractivity contribution in [1.82, 2.24) is 4.57 Å². The zero-order chi connectivity index (χ0) is 24.1. The van der Waals surface area contributed by atoms with Gasteiger partial charge in [0.05, 0.1) is 17.9 Å². The second-order valence-corrected chi connectivity index (χ2v) is 9.17. The van der Waals surface area contributed by atoms with Gasteiger partial charge in [-0.1, -0.05) is 66.3 Å². The maximum absolute atomic E-state index is 10.9. The topological polar surface area (TPSA) is 119 Å². The largest absolute Gasteiger partial charge is 0.394 e. The number of aliphatic hydroxyl groups excluding tert-OH is 4. The number of aryl methyl sites for hydroxylation is 1. The van der Waals surface area contributed by atoms with Crippen LogP contribution in [0.5, 0.6) is 0 Å². The maximum Gasteiger partial charge on any atom is 0.164 e. The second kappa shape index (κ2) is 8.71. The van der Waals surface area contributed by atoms with Crippen LogP contribution in [0, 0.1) is 22.9 Å². The van der Waals surface area contributed by atoms with Crippen molar-refractivity contribution in [3.05, 3.63) is 75.4 Å². The lowest BCUT2D eigenvalue weighted by Gasteiger charge is -2.41. The summed E-state index contributed by atoms with van der Waals surface area (Å²) in [6.45, 7) is 1.44. The molecule has 0 radical (unpaired) electrons. The molecular weight excluding hydrogens is 452 g/mol. The number of ether oxygens (including phenoxy) is 1. The summed E-state index contributed by atoms with van der Waals surface area (Å²) in [7, 11) is 0. The van der Waals surface area contributed by atoms with E-state index in [0.29, 0.717) is 12.1 Å². The molecule has 174 valence electrons. The smallest absolute Gasteiger partial charge is 0.164 e. The summed E-state index contributed by atoms with van der Waals surface area (Å²) < 4.78 is 7.59. The van der Waals surface area contributed by atoms with E-state index in [-0.39, 0.29) is 10.2 Å². The summed E-state index contributed by atoms with van der Waals surface area (Å²) in [6.07, 6.45) is -6.34. The molecule has 8 heteroatoms. The first-order valence-corrected chi connectivity index (χ1v) is 11.5. The minimum absolute atomic E-state index is 0.151. The Morgan fingerprint density at radius 2 is 1.76 bits per heavy atom. The van der Waals surface area contributed by atoms with Gasteiger partial charge in [-0.05, 0) is 23.6 Å². The molecule has 2 heterocycles. The van der Waals surface area contributed by atoms with Crippen LogP contribution in [-0.4, -0.2) is 56.0 Å². The number of pyridine rings is 1. The van der Waals surface area contributed by atoms with Crippen LogP contribution in [-0.2, 0) is 11.2 Å². The minimum atomic E-state index is -1.56. The number of hydrogen-bond donors (Lipinski definition) is 4. The predicted octanol–water partition coefficient (Wildman–Crippen LogP) is 2.61. The fraction of sp³-hybridized carbons (Fsp3) is 0.308. The van der Waals surface area contributed by atoms with Gasteiger partial charge in [0.15, 0.2) is 6.23 Å². The Kier molecular flexibility index (Phi) is 5.86. The molecule has 1 saturated heterocycles. The highest BCUT2D eigenvalue weighted by atomic mass is 32.1. The molecule has 1 aliphatic heterocycles. The molecule has 0 saturated carbocycles. The number of rotatable bonds is 3. The van der Waals surface area contributed by atoms with Crippen LogP contribution < -0.4 is 0 Å². The lowest BCUT2D eigenvalue weighted by atomic mass is 9.92. The van der Waals surface area contributed by atoms with Crippen molar-refractivity contribution >= 4 is 12.2 Å². The maximum atomic E-state index is 10.9. The van der Waals surface area contributed by atoms with E-state index >= 15 is 0 Å². The molecule has 5 rings (SSSR count). The Hall–Kier alpha value is -2.90. The van der Waals surface area contributed by atoms with Crippen LogP contribution in [0.3, 0.4) is 0 Å². The first-order chi connectivity index (χ1) is 16.4. The van der Waals surface area contributed by atoms with Crippen molar-refractivity contribution < 1.29 is 25.2 Å². The molecule has 0 amide bonds. The standard InChI is InChI=1S/C26H24N2O5S/c1-13-6-8-14(9-7-13)20-17-10-15-4-2-3-5-16(15)21(17)28(26(34)18(20)11-27)25-24(32)23(31)22(30)19(12-29)33-25/h2-9,19,22-25,29-32H,10,12H2,1H3/t19-,22-,23-,24-,25-/m1/s1. The highest BCUT2D eigenvalue weighted by Crippen LogP contribution is 2.46. The van der Waals surface area contributed by atoms with Crippen LogP contribution in [0.15, 0.2) is 48.5 Å². The van der Waals surface area contributed by atoms with Gasteiger partial charge in [-0.3, -0.25) is 0 Å². The molecule has 1 fully saturated rings. The number of hydrogen-bond acceptors (Lipinski definition) is 7. The molecule has 7 nitrogen and oxygen atoms in total. The van der Waals surface area contributed by atoms with Crippen molar-refractivity contribution in [3.8, 4) is 28.5 Å². The molecule has 2 aliphatic rings. The summed E-state index contributed by atoms with van der Waals surface area (Å²) in [5.41, 5.74) is 6.44. The zero-order valence-electron chi connectivity index (χ0n) is 18.4. The van der Waals surface area contributed by atoms with Gasteiger partial charge >= 0.3 is 0 Å². The molecule has 0 unspecified atom stereocenters. The van der Waals surface area contributed by atoms with Crippen LogP contribution in [0.4, 0.5) is 0 Å². The third-order valence-electron chi connectivity index (χ3n) is 6.72. The van der Waals surface area contributed by atoms with Gasteiger partial charge in [-0.25, -0.2) is 0 Å². The van der Waals surface area contributed by atoms with Gasteiger partial charge in [-0.15, -0.1) is 0 Å². The normalized spacial score (nSPS) is 25.5. The zero-order valence-corrected chi connectivity index (χ0v) is 19.2. The van der Waals surface area contributed by atoms with E-state index in [9.17, 15) is 25.7 Å². The SMILES string of the molecule is Cc1ccc(-c2c3c(n([C@@H]4O[C@H](CO)[C@@H](O)[C@@H](O)[C@H]4O)c(=S)c2C#N)-c2ccccc2C3)cc1. The molecule has 2 aromatic carbocycles.